The molecule has 0 aromatic heterocycles. The third-order valence-electron chi connectivity index (χ3n) is 1.35. The van der Waals surface area contributed by atoms with Gasteiger partial charge in [-0.25, -0.2) is 0 Å². The lowest BCUT2D eigenvalue weighted by molar-refractivity contribution is 0.210. The Morgan fingerprint density at radius 2 is 2.00 bits per heavy atom. The van der Waals surface area contributed by atoms with Crippen molar-refractivity contribution in [3.05, 3.63) is 29.8 Å². The third kappa shape index (κ3) is 6.46. The normalized spacial score (nSPS) is 8.86. The van der Waals surface area contributed by atoms with Crippen molar-refractivity contribution in [2.75, 3.05) is 18.7 Å². The molecule has 3 nitrogen and oxygen atoms in total. The van der Waals surface area contributed by atoms with E-state index in [9.17, 15) is 0 Å². The Bertz CT molecular complexity index is 238. The first kappa shape index (κ1) is 12.9. The van der Waals surface area contributed by atoms with Crippen molar-refractivity contribution in [3.63, 3.8) is 0 Å². The van der Waals surface area contributed by atoms with Crippen LogP contribution < -0.4 is 5.48 Å². The summed E-state index contributed by atoms with van der Waals surface area (Å²) in [5.41, 5.74) is 5.07. The second kappa shape index (κ2) is 8.53. The summed E-state index contributed by atoms with van der Waals surface area (Å²) in [6, 6.07) is 8.06. The average Bonchev–Trinajstić information content (AvgIpc) is 2.16. The van der Waals surface area contributed by atoms with Crippen LogP contribution in [-0.4, -0.2) is 18.3 Å². The Labute approximate surface area is 85.7 Å². The highest BCUT2D eigenvalue weighted by atomic mass is 16.6. The molecule has 0 amide bonds. The van der Waals surface area contributed by atoms with E-state index in [0.29, 0.717) is 6.61 Å². The summed E-state index contributed by atoms with van der Waals surface area (Å²) in [4.78, 5) is 5.02. The number of hydrogen-bond donors (Lipinski definition) is 2. The molecule has 1 aromatic rings. The molecule has 1 rings (SSSR count). The van der Waals surface area contributed by atoms with Crippen molar-refractivity contribution in [2.24, 2.45) is 0 Å². The zero-order valence-corrected chi connectivity index (χ0v) is 9.08. The lowest BCUT2D eigenvalue weighted by atomic mass is 10.2. The summed E-state index contributed by atoms with van der Waals surface area (Å²) in [5, 5.41) is 7.57. The van der Waals surface area contributed by atoms with E-state index in [4.69, 9.17) is 9.94 Å². The molecule has 0 heterocycles. The minimum Gasteiger partial charge on any atom is -0.397 e. The Morgan fingerprint density at radius 1 is 1.36 bits per heavy atom. The van der Waals surface area contributed by atoms with Crippen LogP contribution in [0.3, 0.4) is 0 Å². The maximum atomic E-state index is 7.57. The summed E-state index contributed by atoms with van der Waals surface area (Å²) < 4.78 is 0. The Morgan fingerprint density at radius 3 is 2.50 bits per heavy atom. The molecular formula is C11H19NO2. The van der Waals surface area contributed by atoms with Gasteiger partial charge in [-0.3, -0.25) is 10.3 Å². The smallest absolute Gasteiger partial charge is 0.0717 e. The highest BCUT2D eigenvalue weighted by Gasteiger charge is 1.89. The van der Waals surface area contributed by atoms with E-state index in [1.807, 2.05) is 25.1 Å². The molecule has 0 saturated heterocycles. The fourth-order valence-electron chi connectivity index (χ4n) is 0.864. The molecule has 0 bridgehead atoms. The maximum Gasteiger partial charge on any atom is 0.0717 e. The van der Waals surface area contributed by atoms with Gasteiger partial charge in [-0.05, 0) is 38.5 Å². The first-order valence-electron chi connectivity index (χ1n) is 4.79. The van der Waals surface area contributed by atoms with Crippen LogP contribution in [0.5, 0.6) is 0 Å². The molecule has 3 heteroatoms. The fourth-order valence-corrected chi connectivity index (χ4v) is 0.864. The van der Waals surface area contributed by atoms with Crippen LogP contribution in [0.1, 0.15) is 19.4 Å². The molecular weight excluding hydrogens is 178 g/mol. The van der Waals surface area contributed by atoms with Crippen molar-refractivity contribution in [1.29, 1.82) is 0 Å². The molecule has 0 aliphatic carbocycles. The number of aliphatic hydroxyl groups is 1. The predicted molar refractivity (Wildman–Crippen MR) is 59.2 cm³/mol. The minimum absolute atomic E-state index is 0.250. The summed E-state index contributed by atoms with van der Waals surface area (Å²) in [6.07, 6.45) is 0. The maximum absolute atomic E-state index is 7.57. The van der Waals surface area contributed by atoms with Crippen LogP contribution in [0.2, 0.25) is 0 Å². The lowest BCUT2D eigenvalue weighted by Gasteiger charge is -2.04. The quantitative estimate of drug-likeness (QED) is 0.731. The van der Waals surface area contributed by atoms with Gasteiger partial charge in [0.2, 0.25) is 0 Å². The summed E-state index contributed by atoms with van der Waals surface area (Å²) in [7, 11) is 0. The highest BCUT2D eigenvalue weighted by Crippen LogP contribution is 2.08. The van der Waals surface area contributed by atoms with E-state index in [1.54, 1.807) is 6.92 Å². The second-order valence-corrected chi connectivity index (χ2v) is 2.72. The molecule has 0 spiro atoms. The number of rotatable bonds is 3. The molecule has 0 unspecified atom stereocenters. The van der Waals surface area contributed by atoms with Gasteiger partial charge >= 0.3 is 0 Å². The number of hydrogen-bond acceptors (Lipinski definition) is 3. The van der Waals surface area contributed by atoms with Gasteiger partial charge in [0.05, 0.1) is 12.3 Å². The molecule has 1 aromatic carbocycles. The summed E-state index contributed by atoms with van der Waals surface area (Å²) in [6.45, 7) is 6.61. The largest absolute Gasteiger partial charge is 0.397 e. The molecule has 2 N–H and O–H groups in total. The summed E-state index contributed by atoms with van der Waals surface area (Å²) >= 11 is 0. The molecule has 0 aliphatic heterocycles. The topological polar surface area (TPSA) is 41.5 Å². The van der Waals surface area contributed by atoms with E-state index in [-0.39, 0.29) is 6.61 Å². The number of nitrogens with one attached hydrogen (secondary N) is 1. The fraction of sp³-hybridized carbons (Fsp3) is 0.455. The van der Waals surface area contributed by atoms with Gasteiger partial charge in [-0.15, -0.1) is 0 Å². The van der Waals surface area contributed by atoms with Gasteiger partial charge in [0.25, 0.3) is 0 Å². The van der Waals surface area contributed by atoms with Crippen LogP contribution in [0.15, 0.2) is 24.3 Å². The predicted octanol–water partition coefficient (Wildman–Crippen LogP) is 2.36. The first-order valence-corrected chi connectivity index (χ1v) is 4.79. The van der Waals surface area contributed by atoms with Crippen molar-refractivity contribution >= 4 is 5.69 Å². The second-order valence-electron chi connectivity index (χ2n) is 2.72. The minimum atomic E-state index is 0.250. The summed E-state index contributed by atoms with van der Waals surface area (Å²) in [5.74, 6) is 0. The van der Waals surface area contributed by atoms with Gasteiger partial charge in [0.1, 0.15) is 0 Å². The number of aliphatic hydroxyl groups excluding tert-OH is 1. The van der Waals surface area contributed by atoms with Crippen LogP contribution >= 0.6 is 0 Å². The Balaban J connectivity index is 0.000000500. The number of aryl methyl sites for hydroxylation is 1. The monoisotopic (exact) mass is 197 g/mol. The molecule has 0 radical (unpaired) electrons. The van der Waals surface area contributed by atoms with E-state index in [1.165, 1.54) is 5.56 Å². The SMILES string of the molecule is CCO.CCONc1cccc(C)c1. The van der Waals surface area contributed by atoms with Crippen molar-refractivity contribution < 1.29 is 9.94 Å². The van der Waals surface area contributed by atoms with Gasteiger partial charge in [0.15, 0.2) is 0 Å². The lowest BCUT2D eigenvalue weighted by Crippen LogP contribution is -1.99. The van der Waals surface area contributed by atoms with Gasteiger partial charge in [-0.2, -0.15) is 0 Å². The average molecular weight is 197 g/mol. The molecule has 14 heavy (non-hydrogen) atoms. The van der Waals surface area contributed by atoms with Crippen molar-refractivity contribution in [3.8, 4) is 0 Å². The van der Waals surface area contributed by atoms with Crippen LogP contribution in [0.25, 0.3) is 0 Å². The standard InChI is InChI=1S/C9H13NO.C2H6O/c1-3-11-10-9-6-4-5-8(2)7-9;1-2-3/h4-7,10H,3H2,1-2H3;3H,2H2,1H3. The number of benzene rings is 1. The zero-order chi connectivity index (χ0) is 10.8. The highest BCUT2D eigenvalue weighted by molar-refractivity contribution is 5.43. The van der Waals surface area contributed by atoms with Crippen molar-refractivity contribution in [2.45, 2.75) is 20.8 Å². The zero-order valence-electron chi connectivity index (χ0n) is 9.08. The van der Waals surface area contributed by atoms with Crippen molar-refractivity contribution in [1.82, 2.24) is 0 Å². The first-order chi connectivity index (χ1) is 6.74. The van der Waals surface area contributed by atoms with E-state index >= 15 is 0 Å². The van der Waals surface area contributed by atoms with Crippen LogP contribution in [-0.2, 0) is 4.84 Å². The molecule has 0 aliphatic rings. The molecule has 80 valence electrons. The van der Waals surface area contributed by atoms with E-state index in [0.717, 1.165) is 5.69 Å². The van der Waals surface area contributed by atoms with Gasteiger partial charge in [0, 0.05) is 6.61 Å². The number of anilines is 1. The Kier molecular flexibility index (Phi) is 7.89. The van der Waals surface area contributed by atoms with Gasteiger partial charge in [-0.1, -0.05) is 12.1 Å². The van der Waals surface area contributed by atoms with Crippen LogP contribution in [0, 0.1) is 6.92 Å². The van der Waals surface area contributed by atoms with E-state index in [2.05, 4.69) is 18.5 Å². The van der Waals surface area contributed by atoms with Crippen LogP contribution in [0.4, 0.5) is 5.69 Å². The molecule has 0 saturated carbocycles. The van der Waals surface area contributed by atoms with Gasteiger partial charge < -0.3 is 5.11 Å². The van der Waals surface area contributed by atoms with E-state index < -0.39 is 0 Å². The third-order valence-corrected chi connectivity index (χ3v) is 1.35. The molecule has 0 fully saturated rings. The molecule has 0 atom stereocenters. The Hall–Kier alpha value is -1.06.